The number of halogens is 2. The van der Waals surface area contributed by atoms with Crippen LogP contribution in [0.4, 0.5) is 0 Å². The maximum atomic E-state index is 6.32. The number of thiazole rings is 1. The van der Waals surface area contributed by atoms with E-state index in [9.17, 15) is 0 Å². The molecule has 0 amide bonds. The monoisotopic (exact) mass is 359 g/mol. The normalized spacial score (nSPS) is 11.3. The van der Waals surface area contributed by atoms with Gasteiger partial charge in [-0.05, 0) is 30.7 Å². The number of aromatic nitrogens is 1. The lowest BCUT2D eigenvalue weighted by molar-refractivity contribution is 0.630. The Labute approximate surface area is 147 Å². The summed E-state index contributed by atoms with van der Waals surface area (Å²) in [6.45, 7) is 1.98. The molecule has 2 aromatic heterocycles. The maximum absolute atomic E-state index is 6.32. The summed E-state index contributed by atoms with van der Waals surface area (Å²) >= 11 is 13.9. The van der Waals surface area contributed by atoms with Gasteiger partial charge in [0.05, 0.1) is 10.0 Å². The van der Waals surface area contributed by atoms with Gasteiger partial charge < -0.3 is 4.42 Å². The number of aryl methyl sites for hydroxylation is 1. The summed E-state index contributed by atoms with van der Waals surface area (Å²) in [7, 11) is 0. The molecule has 0 spiro atoms. The van der Waals surface area contributed by atoms with Gasteiger partial charge in [0.15, 0.2) is 11.3 Å². The molecule has 0 aliphatic heterocycles. The zero-order chi connectivity index (χ0) is 16.0. The number of furan rings is 1. The van der Waals surface area contributed by atoms with Crippen LogP contribution in [-0.4, -0.2) is 4.98 Å². The molecule has 23 heavy (non-hydrogen) atoms. The zero-order valence-electron chi connectivity index (χ0n) is 12.1. The van der Waals surface area contributed by atoms with Crippen LogP contribution < -0.4 is 0 Å². The van der Waals surface area contributed by atoms with Crippen molar-refractivity contribution in [2.75, 3.05) is 0 Å². The maximum Gasteiger partial charge on any atom is 0.162 e. The van der Waals surface area contributed by atoms with Crippen molar-refractivity contribution in [1.29, 1.82) is 0 Å². The fraction of sp³-hybridized carbons (Fsp3) is 0.0556. The molecule has 0 saturated heterocycles. The molecular formula is C18H11Cl2NOS. The molecular weight excluding hydrogens is 349 g/mol. The van der Waals surface area contributed by atoms with Gasteiger partial charge in [0.2, 0.25) is 0 Å². The lowest BCUT2D eigenvalue weighted by Gasteiger charge is -2.02. The second kappa shape index (κ2) is 5.68. The van der Waals surface area contributed by atoms with Crippen molar-refractivity contribution >= 4 is 45.5 Å². The molecule has 0 atom stereocenters. The summed E-state index contributed by atoms with van der Waals surface area (Å²) in [6, 6.07) is 13.5. The number of fused-ring (bicyclic) bond motifs is 1. The van der Waals surface area contributed by atoms with Crippen molar-refractivity contribution in [3.05, 3.63) is 62.9 Å². The molecule has 0 aliphatic carbocycles. The van der Waals surface area contributed by atoms with Gasteiger partial charge in [-0.25, -0.2) is 4.98 Å². The van der Waals surface area contributed by atoms with Gasteiger partial charge >= 0.3 is 0 Å². The van der Waals surface area contributed by atoms with Crippen LogP contribution >= 0.6 is 34.5 Å². The minimum atomic E-state index is 0.593. The van der Waals surface area contributed by atoms with Crippen LogP contribution in [0.1, 0.15) is 5.01 Å². The quantitative estimate of drug-likeness (QED) is 0.391. The second-order valence-corrected chi connectivity index (χ2v) is 7.09. The van der Waals surface area contributed by atoms with E-state index in [2.05, 4.69) is 4.98 Å². The molecule has 0 saturated carbocycles. The highest BCUT2D eigenvalue weighted by atomic mass is 35.5. The smallest absolute Gasteiger partial charge is 0.162 e. The van der Waals surface area contributed by atoms with Crippen LogP contribution in [-0.2, 0) is 0 Å². The molecule has 0 unspecified atom stereocenters. The van der Waals surface area contributed by atoms with Crippen LogP contribution in [0, 0.1) is 6.92 Å². The lowest BCUT2D eigenvalue weighted by Crippen LogP contribution is -1.81. The van der Waals surface area contributed by atoms with Gasteiger partial charge in [-0.15, -0.1) is 11.3 Å². The highest BCUT2D eigenvalue weighted by Crippen LogP contribution is 2.43. The van der Waals surface area contributed by atoms with Gasteiger partial charge in [0.1, 0.15) is 5.69 Å². The van der Waals surface area contributed by atoms with E-state index in [0.29, 0.717) is 15.6 Å². The van der Waals surface area contributed by atoms with Crippen LogP contribution in [0.3, 0.4) is 0 Å². The highest BCUT2D eigenvalue weighted by Gasteiger charge is 2.20. The Morgan fingerprint density at radius 2 is 1.83 bits per heavy atom. The van der Waals surface area contributed by atoms with Gasteiger partial charge in [-0.1, -0.05) is 47.5 Å². The standard InChI is InChI=1S/C18H11Cl2NOS/c1-10-21-15(9-23-10)18-16(11-5-7-12(19)8-6-11)13-3-2-4-14(20)17(13)22-18/h2-9H,1H3. The molecule has 4 aromatic rings. The van der Waals surface area contributed by atoms with Crippen molar-refractivity contribution in [1.82, 2.24) is 4.98 Å². The van der Waals surface area contributed by atoms with E-state index < -0.39 is 0 Å². The summed E-state index contributed by atoms with van der Waals surface area (Å²) in [4.78, 5) is 4.57. The predicted octanol–water partition coefficient (Wildman–Crippen LogP) is 6.84. The third kappa shape index (κ3) is 2.55. The summed E-state index contributed by atoms with van der Waals surface area (Å²) in [5.41, 5.74) is 3.52. The first kappa shape index (κ1) is 14.8. The molecule has 4 rings (SSSR count). The first-order chi connectivity index (χ1) is 11.1. The molecule has 2 aromatic carbocycles. The first-order valence-corrected chi connectivity index (χ1v) is 8.66. The lowest BCUT2D eigenvalue weighted by atomic mass is 10.0. The molecule has 0 fully saturated rings. The predicted molar refractivity (Wildman–Crippen MR) is 97.5 cm³/mol. The van der Waals surface area contributed by atoms with E-state index in [-0.39, 0.29) is 0 Å². The van der Waals surface area contributed by atoms with Crippen molar-refractivity contribution in [3.8, 4) is 22.6 Å². The van der Waals surface area contributed by atoms with Crippen LogP contribution in [0.5, 0.6) is 0 Å². The Bertz CT molecular complexity index is 1000. The summed E-state index contributed by atoms with van der Waals surface area (Å²) in [5, 5.41) is 5.26. The Kier molecular flexibility index (Phi) is 3.64. The van der Waals surface area contributed by atoms with Crippen molar-refractivity contribution in [3.63, 3.8) is 0 Å². The minimum Gasteiger partial charge on any atom is -0.452 e. The van der Waals surface area contributed by atoms with E-state index in [0.717, 1.165) is 33.0 Å². The van der Waals surface area contributed by atoms with Gasteiger partial charge in [0.25, 0.3) is 0 Å². The Morgan fingerprint density at radius 3 is 2.52 bits per heavy atom. The SMILES string of the molecule is Cc1nc(-c2oc3c(Cl)cccc3c2-c2ccc(Cl)cc2)cs1. The zero-order valence-corrected chi connectivity index (χ0v) is 14.5. The number of para-hydroxylation sites is 1. The van der Waals surface area contributed by atoms with Gasteiger partial charge in [-0.3, -0.25) is 0 Å². The molecule has 0 N–H and O–H groups in total. The van der Waals surface area contributed by atoms with Crippen LogP contribution in [0.25, 0.3) is 33.6 Å². The largest absolute Gasteiger partial charge is 0.452 e. The van der Waals surface area contributed by atoms with Crippen molar-refractivity contribution in [2.24, 2.45) is 0 Å². The average Bonchev–Trinajstić information content (AvgIpc) is 3.13. The number of benzene rings is 2. The number of hydrogen-bond acceptors (Lipinski definition) is 3. The minimum absolute atomic E-state index is 0.593. The molecule has 0 bridgehead atoms. The van der Waals surface area contributed by atoms with E-state index >= 15 is 0 Å². The summed E-state index contributed by atoms with van der Waals surface area (Å²) < 4.78 is 6.09. The number of rotatable bonds is 2. The fourth-order valence-corrected chi connectivity index (χ4v) is 3.57. The molecule has 2 nitrogen and oxygen atoms in total. The van der Waals surface area contributed by atoms with Crippen LogP contribution in [0.15, 0.2) is 52.3 Å². The number of nitrogens with zero attached hydrogens (tertiary/aromatic N) is 1. The number of hydrogen-bond donors (Lipinski definition) is 0. The topological polar surface area (TPSA) is 26.0 Å². The van der Waals surface area contributed by atoms with Crippen molar-refractivity contribution in [2.45, 2.75) is 6.92 Å². The first-order valence-electron chi connectivity index (χ1n) is 7.03. The van der Waals surface area contributed by atoms with Crippen LogP contribution in [0.2, 0.25) is 10.0 Å². The molecule has 0 aliphatic rings. The Hall–Kier alpha value is -1.81. The Morgan fingerprint density at radius 1 is 1.04 bits per heavy atom. The second-order valence-electron chi connectivity index (χ2n) is 5.18. The fourth-order valence-electron chi connectivity index (χ4n) is 2.64. The molecule has 2 heterocycles. The van der Waals surface area contributed by atoms with E-state index in [1.54, 1.807) is 11.3 Å². The molecule has 5 heteroatoms. The average molecular weight is 360 g/mol. The third-order valence-electron chi connectivity index (χ3n) is 3.65. The van der Waals surface area contributed by atoms with Gasteiger partial charge in [0, 0.05) is 21.4 Å². The summed E-state index contributed by atoms with van der Waals surface area (Å²) in [5.74, 6) is 0.736. The van der Waals surface area contributed by atoms with Crippen molar-refractivity contribution < 1.29 is 4.42 Å². The summed E-state index contributed by atoms with van der Waals surface area (Å²) in [6.07, 6.45) is 0. The van der Waals surface area contributed by atoms with Gasteiger partial charge in [-0.2, -0.15) is 0 Å². The highest BCUT2D eigenvalue weighted by molar-refractivity contribution is 7.09. The van der Waals surface area contributed by atoms with E-state index in [1.807, 2.05) is 54.8 Å². The van der Waals surface area contributed by atoms with E-state index in [1.165, 1.54) is 0 Å². The third-order valence-corrected chi connectivity index (χ3v) is 4.98. The van der Waals surface area contributed by atoms with E-state index in [4.69, 9.17) is 27.6 Å². The molecule has 114 valence electrons. The Balaban J connectivity index is 2.07. The molecule has 0 radical (unpaired) electrons.